The summed E-state index contributed by atoms with van der Waals surface area (Å²) in [5.41, 5.74) is 3.19. The topological polar surface area (TPSA) is 53.4 Å². The molecule has 4 nitrogen and oxygen atoms in total. The van der Waals surface area contributed by atoms with Gasteiger partial charge >= 0.3 is 0 Å². The van der Waals surface area contributed by atoms with E-state index < -0.39 is 0 Å². The average molecular weight is 282 g/mol. The largest absolute Gasteiger partial charge is 0.394 e. The van der Waals surface area contributed by atoms with Crippen molar-refractivity contribution in [2.45, 2.75) is 18.9 Å². The molecular formula is C17H18N2O2. The number of hydrogen-bond donors (Lipinski definition) is 1. The molecule has 0 spiro atoms. The van der Waals surface area contributed by atoms with E-state index in [1.54, 1.807) is 17.3 Å². The molecule has 1 aliphatic heterocycles. The molecule has 1 amide bonds. The van der Waals surface area contributed by atoms with Crippen LogP contribution in [0.15, 0.2) is 48.8 Å². The molecular weight excluding hydrogens is 264 g/mol. The second-order valence-corrected chi connectivity index (χ2v) is 5.27. The summed E-state index contributed by atoms with van der Waals surface area (Å²) >= 11 is 0. The molecule has 2 aromatic rings. The summed E-state index contributed by atoms with van der Waals surface area (Å²) in [6.45, 7) is 0.608. The van der Waals surface area contributed by atoms with Crippen molar-refractivity contribution in [2.24, 2.45) is 0 Å². The minimum Gasteiger partial charge on any atom is -0.394 e. The molecule has 1 atom stereocenters. The van der Waals surface area contributed by atoms with Crippen molar-refractivity contribution in [3.8, 4) is 0 Å². The van der Waals surface area contributed by atoms with Crippen molar-refractivity contribution in [2.75, 3.05) is 13.2 Å². The predicted octanol–water partition coefficient (Wildman–Crippen LogP) is 1.74. The number of aliphatic hydroxyl groups excluding tert-OH is 1. The van der Waals surface area contributed by atoms with E-state index in [1.807, 2.05) is 30.3 Å². The number of pyridine rings is 1. The van der Waals surface area contributed by atoms with Crippen LogP contribution in [0.5, 0.6) is 0 Å². The summed E-state index contributed by atoms with van der Waals surface area (Å²) in [5, 5.41) is 9.72. The third kappa shape index (κ3) is 2.81. The summed E-state index contributed by atoms with van der Waals surface area (Å²) < 4.78 is 0. The number of aliphatic hydroxyl groups is 1. The van der Waals surface area contributed by atoms with Crippen LogP contribution in [0, 0.1) is 0 Å². The average Bonchev–Trinajstić information content (AvgIpc) is 2.54. The van der Waals surface area contributed by atoms with Crippen LogP contribution in [0.2, 0.25) is 0 Å². The minimum absolute atomic E-state index is 0.0385. The van der Waals surface area contributed by atoms with E-state index >= 15 is 0 Å². The first-order valence-electron chi connectivity index (χ1n) is 7.16. The fourth-order valence-corrected chi connectivity index (χ4v) is 2.93. The third-order valence-corrected chi connectivity index (χ3v) is 3.98. The van der Waals surface area contributed by atoms with Gasteiger partial charge in [-0.15, -0.1) is 0 Å². The molecule has 4 heteroatoms. The van der Waals surface area contributed by atoms with Gasteiger partial charge in [0.1, 0.15) is 0 Å². The molecule has 1 aliphatic rings. The summed E-state index contributed by atoms with van der Waals surface area (Å²) in [6, 6.07) is 11.5. The molecule has 2 heterocycles. The number of benzene rings is 1. The van der Waals surface area contributed by atoms with Gasteiger partial charge in [-0.3, -0.25) is 9.78 Å². The molecule has 1 N–H and O–H groups in total. The van der Waals surface area contributed by atoms with Crippen molar-refractivity contribution in [3.63, 3.8) is 0 Å². The molecule has 0 fully saturated rings. The molecule has 0 saturated carbocycles. The highest BCUT2D eigenvalue weighted by Crippen LogP contribution is 2.29. The maximum absolute atomic E-state index is 12.5. The van der Waals surface area contributed by atoms with Crippen molar-refractivity contribution in [1.82, 2.24) is 9.88 Å². The highest BCUT2D eigenvalue weighted by molar-refractivity contribution is 5.79. The first kappa shape index (κ1) is 13.8. The van der Waals surface area contributed by atoms with Crippen LogP contribution >= 0.6 is 0 Å². The van der Waals surface area contributed by atoms with E-state index in [0.717, 1.165) is 17.5 Å². The van der Waals surface area contributed by atoms with Gasteiger partial charge in [0, 0.05) is 18.9 Å². The van der Waals surface area contributed by atoms with Crippen LogP contribution in [0.1, 0.15) is 22.7 Å². The highest BCUT2D eigenvalue weighted by atomic mass is 16.3. The summed E-state index contributed by atoms with van der Waals surface area (Å²) in [6.07, 6.45) is 4.57. The molecule has 1 aromatic heterocycles. The lowest BCUT2D eigenvalue weighted by atomic mass is 9.92. The Bertz CT molecular complexity index is 628. The number of fused-ring (bicyclic) bond motifs is 1. The summed E-state index contributed by atoms with van der Waals surface area (Å²) in [4.78, 5) is 18.4. The number of carbonyl (C=O) groups excluding carboxylic acids is 1. The zero-order valence-electron chi connectivity index (χ0n) is 11.8. The smallest absolute Gasteiger partial charge is 0.227 e. The molecule has 3 rings (SSSR count). The molecule has 0 bridgehead atoms. The lowest BCUT2D eigenvalue weighted by Gasteiger charge is -2.36. The van der Waals surface area contributed by atoms with Crippen LogP contribution < -0.4 is 0 Å². The molecule has 21 heavy (non-hydrogen) atoms. The monoisotopic (exact) mass is 282 g/mol. The Morgan fingerprint density at radius 3 is 2.90 bits per heavy atom. The Morgan fingerprint density at radius 1 is 1.29 bits per heavy atom. The SMILES string of the molecule is O=C(Cc1cccnc1)N1CCc2ccccc2[C@H]1CO. The molecule has 1 aromatic carbocycles. The van der Waals surface area contributed by atoms with Crippen LogP contribution in [0.25, 0.3) is 0 Å². The standard InChI is InChI=1S/C17H18N2O2/c20-12-16-15-6-2-1-5-14(15)7-9-19(16)17(21)10-13-4-3-8-18-11-13/h1-6,8,11,16,20H,7,9-10,12H2/t16-/m1/s1. The second kappa shape index (κ2) is 6.06. The van der Waals surface area contributed by atoms with Gasteiger partial charge in [-0.05, 0) is 29.2 Å². The zero-order chi connectivity index (χ0) is 14.7. The number of carbonyl (C=O) groups is 1. The van der Waals surface area contributed by atoms with Gasteiger partial charge in [0.25, 0.3) is 0 Å². The first-order valence-corrected chi connectivity index (χ1v) is 7.16. The first-order chi connectivity index (χ1) is 10.3. The third-order valence-electron chi connectivity index (χ3n) is 3.98. The normalized spacial score (nSPS) is 17.4. The van der Waals surface area contributed by atoms with Gasteiger partial charge in [-0.1, -0.05) is 30.3 Å². The van der Waals surface area contributed by atoms with Gasteiger partial charge in [0.2, 0.25) is 5.91 Å². The van der Waals surface area contributed by atoms with E-state index in [0.29, 0.717) is 13.0 Å². The van der Waals surface area contributed by atoms with Crippen molar-refractivity contribution >= 4 is 5.91 Å². The van der Waals surface area contributed by atoms with Crippen LogP contribution in [-0.4, -0.2) is 34.0 Å². The minimum atomic E-state index is -0.237. The van der Waals surface area contributed by atoms with E-state index in [1.165, 1.54) is 5.56 Å². The Hall–Kier alpha value is -2.20. The Balaban J connectivity index is 1.81. The molecule has 0 radical (unpaired) electrons. The summed E-state index contributed by atoms with van der Waals surface area (Å²) in [7, 11) is 0. The van der Waals surface area contributed by atoms with Gasteiger partial charge in [-0.2, -0.15) is 0 Å². The number of rotatable bonds is 3. The summed E-state index contributed by atoms with van der Waals surface area (Å²) in [5.74, 6) is 0.0385. The van der Waals surface area contributed by atoms with Crippen molar-refractivity contribution in [1.29, 1.82) is 0 Å². The van der Waals surface area contributed by atoms with Crippen molar-refractivity contribution in [3.05, 3.63) is 65.5 Å². The van der Waals surface area contributed by atoms with Gasteiger partial charge in [0.05, 0.1) is 19.1 Å². The molecule has 0 saturated heterocycles. The van der Waals surface area contributed by atoms with E-state index in [4.69, 9.17) is 0 Å². The number of amides is 1. The van der Waals surface area contributed by atoms with Gasteiger partial charge in [-0.25, -0.2) is 0 Å². The molecule has 0 unspecified atom stereocenters. The van der Waals surface area contributed by atoms with Gasteiger partial charge < -0.3 is 10.0 Å². The Morgan fingerprint density at radius 2 is 2.14 bits per heavy atom. The lowest BCUT2D eigenvalue weighted by Crippen LogP contribution is -2.42. The maximum atomic E-state index is 12.5. The van der Waals surface area contributed by atoms with E-state index in [-0.39, 0.29) is 18.6 Å². The number of nitrogens with zero attached hydrogens (tertiary/aromatic N) is 2. The highest BCUT2D eigenvalue weighted by Gasteiger charge is 2.29. The van der Waals surface area contributed by atoms with Crippen molar-refractivity contribution < 1.29 is 9.90 Å². The molecule has 108 valence electrons. The maximum Gasteiger partial charge on any atom is 0.227 e. The van der Waals surface area contributed by atoms with Crippen LogP contribution in [-0.2, 0) is 17.6 Å². The lowest BCUT2D eigenvalue weighted by molar-refractivity contribution is -0.134. The molecule has 0 aliphatic carbocycles. The van der Waals surface area contributed by atoms with Gasteiger partial charge in [0.15, 0.2) is 0 Å². The Labute approximate surface area is 124 Å². The van der Waals surface area contributed by atoms with E-state index in [2.05, 4.69) is 11.1 Å². The van der Waals surface area contributed by atoms with Crippen LogP contribution in [0.3, 0.4) is 0 Å². The number of hydrogen-bond acceptors (Lipinski definition) is 3. The second-order valence-electron chi connectivity index (χ2n) is 5.27. The zero-order valence-corrected chi connectivity index (χ0v) is 11.8. The van der Waals surface area contributed by atoms with E-state index in [9.17, 15) is 9.90 Å². The fraction of sp³-hybridized carbons (Fsp3) is 0.294. The predicted molar refractivity (Wildman–Crippen MR) is 79.6 cm³/mol. The fourth-order valence-electron chi connectivity index (χ4n) is 2.93. The van der Waals surface area contributed by atoms with Crippen LogP contribution in [0.4, 0.5) is 0 Å². The quantitative estimate of drug-likeness (QED) is 0.933. The number of aromatic nitrogens is 1. The Kier molecular flexibility index (Phi) is 3.97.